The van der Waals surface area contributed by atoms with Gasteiger partial charge in [-0.2, -0.15) is 0 Å². The van der Waals surface area contributed by atoms with Crippen molar-refractivity contribution < 1.29 is 18.7 Å². The van der Waals surface area contributed by atoms with E-state index in [1.165, 1.54) is 12.1 Å². The molecule has 0 fully saturated rings. The van der Waals surface area contributed by atoms with Gasteiger partial charge in [0, 0.05) is 5.56 Å². The average Bonchev–Trinajstić information content (AvgIpc) is 2.01. The highest BCUT2D eigenvalue weighted by Gasteiger charge is 2.13. The number of carboxylic acid groups (broad SMARTS) is 1. The van der Waals surface area contributed by atoms with Crippen molar-refractivity contribution in [2.24, 2.45) is 0 Å². The van der Waals surface area contributed by atoms with Gasteiger partial charge in [-0.3, -0.25) is 4.79 Å². The van der Waals surface area contributed by atoms with Crippen molar-refractivity contribution in [3.63, 3.8) is 0 Å². The van der Waals surface area contributed by atoms with Crippen LogP contribution in [-0.4, -0.2) is 16.1 Å². The molecule has 1 rings (SSSR count). The zero-order valence-corrected chi connectivity index (χ0v) is 9.03. The molecule has 1 aromatic rings. The van der Waals surface area contributed by atoms with Crippen LogP contribution in [0.3, 0.4) is 0 Å². The predicted molar refractivity (Wildman–Crippen MR) is 53.3 cm³/mol. The highest BCUT2D eigenvalue weighted by molar-refractivity contribution is 14.1. The summed E-state index contributed by atoms with van der Waals surface area (Å²) in [6, 6.07) is 2.51. The minimum atomic E-state index is -2.58. The van der Waals surface area contributed by atoms with E-state index < -0.39 is 12.4 Å². The van der Waals surface area contributed by atoms with Gasteiger partial charge >= 0.3 is 5.97 Å². The van der Waals surface area contributed by atoms with Crippen LogP contribution in [0.5, 0.6) is 0 Å². The van der Waals surface area contributed by atoms with E-state index in [9.17, 15) is 13.6 Å². The van der Waals surface area contributed by atoms with Gasteiger partial charge in [0.15, 0.2) is 0 Å². The maximum absolute atomic E-state index is 12.3. The zero-order valence-electron chi connectivity index (χ0n) is 6.88. The van der Waals surface area contributed by atoms with Gasteiger partial charge in [-0.05, 0) is 34.7 Å². The van der Waals surface area contributed by atoms with Gasteiger partial charge in [-0.15, -0.1) is 0 Å². The molecule has 76 valence electrons. The van der Waals surface area contributed by atoms with E-state index in [4.69, 9.17) is 5.11 Å². The average molecular weight is 313 g/mol. The number of aliphatic carboxylic acids is 1. The highest BCUT2D eigenvalue weighted by Crippen LogP contribution is 2.23. The van der Waals surface area contributed by atoms with Crippen molar-refractivity contribution >= 4 is 28.6 Å². The zero-order chi connectivity index (χ0) is 10.7. The maximum atomic E-state index is 12.3. The first kappa shape index (κ1) is 11.3. The minimum absolute atomic E-state index is 0.149. The van der Waals surface area contributed by atoms with Gasteiger partial charge in [0.05, 0.1) is 12.1 Å². The van der Waals surface area contributed by atoms with Crippen LogP contribution < -0.4 is 0 Å². The van der Waals surface area contributed by atoms with E-state index in [1.807, 2.05) is 0 Å². The lowest BCUT2D eigenvalue weighted by Gasteiger charge is -2.03. The van der Waals surface area contributed by atoms with Crippen LogP contribution in [0.1, 0.15) is 17.7 Å². The van der Waals surface area contributed by atoms with Crippen molar-refractivity contribution in [1.29, 1.82) is 0 Å². The fourth-order valence-corrected chi connectivity index (χ4v) is 1.62. The Morgan fingerprint density at radius 1 is 1.57 bits per heavy atom. The number of pyridine rings is 1. The molecule has 1 aromatic heterocycles. The number of hydrogen-bond acceptors (Lipinski definition) is 2. The second-order valence-electron chi connectivity index (χ2n) is 2.55. The summed E-state index contributed by atoms with van der Waals surface area (Å²) in [5, 5.41) is 8.45. The number of aromatic nitrogens is 1. The molecule has 0 aliphatic heterocycles. The summed E-state index contributed by atoms with van der Waals surface area (Å²) >= 11 is 1.66. The molecule has 0 aliphatic carbocycles. The Morgan fingerprint density at radius 2 is 2.21 bits per heavy atom. The molecule has 0 atom stereocenters. The summed E-state index contributed by atoms with van der Waals surface area (Å²) in [6.07, 6.45) is -2.83. The third-order valence-corrected chi connectivity index (χ3v) is 2.37. The third kappa shape index (κ3) is 2.86. The van der Waals surface area contributed by atoms with Crippen LogP contribution >= 0.6 is 22.6 Å². The second kappa shape index (κ2) is 4.63. The fourth-order valence-electron chi connectivity index (χ4n) is 0.899. The lowest BCUT2D eigenvalue weighted by atomic mass is 10.2. The second-order valence-corrected chi connectivity index (χ2v) is 3.58. The summed E-state index contributed by atoms with van der Waals surface area (Å²) in [4.78, 5) is 14.1. The first-order chi connectivity index (χ1) is 6.50. The summed E-state index contributed by atoms with van der Waals surface area (Å²) < 4.78 is 24.7. The van der Waals surface area contributed by atoms with Gasteiger partial charge in [-0.25, -0.2) is 13.8 Å². The summed E-state index contributed by atoms with van der Waals surface area (Å²) in [5.41, 5.74) is 0.117. The van der Waals surface area contributed by atoms with Crippen LogP contribution in [0.25, 0.3) is 0 Å². The molecule has 0 amide bonds. The summed E-state index contributed by atoms with van der Waals surface area (Å²) in [6.45, 7) is 0. The molecule has 0 spiro atoms. The molecule has 6 heteroatoms. The maximum Gasteiger partial charge on any atom is 0.309 e. The Kier molecular flexibility index (Phi) is 3.73. The van der Waals surface area contributed by atoms with E-state index in [1.54, 1.807) is 22.6 Å². The first-order valence-corrected chi connectivity index (χ1v) is 4.74. The largest absolute Gasteiger partial charge is 0.481 e. The molecule has 0 aromatic carbocycles. The molecule has 0 radical (unpaired) electrons. The SMILES string of the molecule is O=C(O)Cc1ccc(C(F)F)c(I)n1. The molecule has 0 unspecified atom stereocenters. The van der Waals surface area contributed by atoms with Crippen molar-refractivity contribution in [3.8, 4) is 0 Å². The standard InChI is InChI=1S/C8H6F2INO2/c9-7(10)5-2-1-4(3-6(13)14)12-8(5)11/h1-2,7H,3H2,(H,13,14). The topological polar surface area (TPSA) is 50.2 Å². The van der Waals surface area contributed by atoms with Crippen molar-refractivity contribution in [2.45, 2.75) is 12.8 Å². The molecular weight excluding hydrogens is 307 g/mol. The predicted octanol–water partition coefficient (Wildman–Crippen LogP) is 2.25. The van der Waals surface area contributed by atoms with Crippen LogP contribution in [0.2, 0.25) is 0 Å². The normalized spacial score (nSPS) is 10.6. The number of carboxylic acids is 1. The van der Waals surface area contributed by atoms with E-state index in [2.05, 4.69) is 4.98 Å². The molecule has 1 heterocycles. The molecule has 0 aliphatic rings. The Bertz CT molecular complexity index is 357. The van der Waals surface area contributed by atoms with Crippen molar-refractivity contribution in [1.82, 2.24) is 4.98 Å². The van der Waals surface area contributed by atoms with Crippen molar-refractivity contribution in [3.05, 3.63) is 27.1 Å². The van der Waals surface area contributed by atoms with E-state index in [-0.39, 0.29) is 21.4 Å². The van der Waals surface area contributed by atoms with Gasteiger partial charge in [0.2, 0.25) is 0 Å². The van der Waals surface area contributed by atoms with Crippen molar-refractivity contribution in [2.75, 3.05) is 0 Å². The fraction of sp³-hybridized carbons (Fsp3) is 0.250. The van der Waals surface area contributed by atoms with E-state index in [0.29, 0.717) is 0 Å². The third-order valence-electron chi connectivity index (χ3n) is 1.50. The van der Waals surface area contributed by atoms with E-state index in [0.717, 1.165) is 0 Å². The molecule has 3 nitrogen and oxygen atoms in total. The molecule has 0 saturated carbocycles. The Hall–Kier alpha value is -0.790. The van der Waals surface area contributed by atoms with Crippen LogP contribution in [0.15, 0.2) is 12.1 Å². The molecule has 14 heavy (non-hydrogen) atoms. The number of rotatable bonds is 3. The van der Waals surface area contributed by atoms with Crippen LogP contribution in [0, 0.1) is 3.70 Å². The van der Waals surface area contributed by atoms with Gasteiger partial charge in [-0.1, -0.05) is 0 Å². The van der Waals surface area contributed by atoms with Gasteiger partial charge < -0.3 is 5.11 Å². The number of hydrogen-bond donors (Lipinski definition) is 1. The number of alkyl halides is 2. The minimum Gasteiger partial charge on any atom is -0.481 e. The van der Waals surface area contributed by atoms with E-state index >= 15 is 0 Å². The molecule has 0 bridgehead atoms. The first-order valence-electron chi connectivity index (χ1n) is 3.66. The summed E-state index contributed by atoms with van der Waals surface area (Å²) in [7, 11) is 0. The van der Waals surface area contributed by atoms with Crippen LogP contribution in [0.4, 0.5) is 8.78 Å². The lowest BCUT2D eigenvalue weighted by molar-refractivity contribution is -0.136. The summed E-state index contributed by atoms with van der Waals surface area (Å²) in [5.74, 6) is -1.03. The quantitative estimate of drug-likeness (QED) is 0.688. The molecule has 0 saturated heterocycles. The number of halogens is 3. The number of nitrogens with zero attached hydrogens (tertiary/aromatic N) is 1. The van der Waals surface area contributed by atoms with Gasteiger partial charge in [0.1, 0.15) is 3.70 Å². The smallest absolute Gasteiger partial charge is 0.309 e. The molecular formula is C8H6F2INO2. The Morgan fingerprint density at radius 3 is 2.64 bits per heavy atom. The Balaban J connectivity index is 2.94. The lowest BCUT2D eigenvalue weighted by Crippen LogP contribution is -2.04. The Labute approximate surface area is 92.3 Å². The highest BCUT2D eigenvalue weighted by atomic mass is 127. The van der Waals surface area contributed by atoms with Crippen LogP contribution in [-0.2, 0) is 11.2 Å². The number of carbonyl (C=O) groups is 1. The monoisotopic (exact) mass is 313 g/mol. The van der Waals surface area contributed by atoms with Gasteiger partial charge in [0.25, 0.3) is 6.43 Å². The molecule has 1 N–H and O–H groups in total.